The molecule has 2 N–H and O–H groups in total. The zero-order valence-corrected chi connectivity index (χ0v) is 22.2. The van der Waals surface area contributed by atoms with Crippen LogP contribution in [0.2, 0.25) is 0 Å². The van der Waals surface area contributed by atoms with Gasteiger partial charge in [0.05, 0.1) is 25.6 Å². The molecule has 190 valence electrons. The first kappa shape index (κ1) is 25.0. The van der Waals surface area contributed by atoms with Crippen molar-refractivity contribution in [1.29, 1.82) is 0 Å². The Morgan fingerprint density at radius 2 is 1.03 bits per heavy atom. The van der Waals surface area contributed by atoms with E-state index in [2.05, 4.69) is 103 Å². The zero-order valence-electron chi connectivity index (χ0n) is 22.2. The van der Waals surface area contributed by atoms with Crippen molar-refractivity contribution in [3.63, 3.8) is 0 Å². The van der Waals surface area contributed by atoms with E-state index in [4.69, 9.17) is 9.47 Å². The quantitative estimate of drug-likeness (QED) is 0.223. The van der Waals surface area contributed by atoms with Crippen LogP contribution in [0.3, 0.4) is 0 Å². The topological polar surface area (TPSA) is 42.5 Å². The molecular formula is C34H32N2O2. The third-order valence-corrected chi connectivity index (χ3v) is 6.76. The van der Waals surface area contributed by atoms with Crippen LogP contribution in [-0.2, 0) is 0 Å². The number of rotatable bonds is 8. The van der Waals surface area contributed by atoms with Crippen molar-refractivity contribution in [2.45, 2.75) is 13.8 Å². The van der Waals surface area contributed by atoms with E-state index in [0.717, 1.165) is 56.5 Å². The summed E-state index contributed by atoms with van der Waals surface area (Å²) in [5.41, 5.74) is 10.9. The summed E-state index contributed by atoms with van der Waals surface area (Å²) in [6, 6.07) is 37.7. The molecule has 38 heavy (non-hydrogen) atoms. The van der Waals surface area contributed by atoms with Gasteiger partial charge in [0.1, 0.15) is 11.5 Å². The van der Waals surface area contributed by atoms with E-state index in [0.29, 0.717) is 0 Å². The monoisotopic (exact) mass is 500 g/mol. The third-order valence-electron chi connectivity index (χ3n) is 6.76. The maximum absolute atomic E-state index is 5.43. The molecule has 0 spiro atoms. The number of para-hydroxylation sites is 1. The van der Waals surface area contributed by atoms with E-state index in [-0.39, 0.29) is 0 Å². The molecule has 5 aromatic rings. The van der Waals surface area contributed by atoms with Gasteiger partial charge in [0.2, 0.25) is 0 Å². The molecule has 0 aliphatic heterocycles. The predicted octanol–water partition coefficient (Wildman–Crippen LogP) is 9.14. The molecule has 0 aliphatic rings. The molecule has 0 aromatic heterocycles. The van der Waals surface area contributed by atoms with E-state index >= 15 is 0 Å². The highest BCUT2D eigenvalue weighted by atomic mass is 16.5. The second-order valence-electron chi connectivity index (χ2n) is 9.28. The van der Waals surface area contributed by atoms with Gasteiger partial charge in [-0.25, -0.2) is 0 Å². The first-order valence-corrected chi connectivity index (χ1v) is 12.7. The molecule has 0 bridgehead atoms. The fourth-order valence-corrected chi connectivity index (χ4v) is 4.59. The van der Waals surface area contributed by atoms with Crippen LogP contribution < -0.4 is 20.1 Å². The summed E-state index contributed by atoms with van der Waals surface area (Å²) in [6.07, 6.45) is 0. The Kier molecular flexibility index (Phi) is 7.32. The van der Waals surface area contributed by atoms with Crippen molar-refractivity contribution in [1.82, 2.24) is 0 Å². The van der Waals surface area contributed by atoms with Crippen LogP contribution in [0.5, 0.6) is 11.5 Å². The summed E-state index contributed by atoms with van der Waals surface area (Å²) >= 11 is 0. The van der Waals surface area contributed by atoms with Crippen LogP contribution in [0.1, 0.15) is 11.1 Å². The summed E-state index contributed by atoms with van der Waals surface area (Å²) in [7, 11) is 3.38. The Balaban J connectivity index is 1.58. The molecule has 4 heteroatoms. The lowest BCUT2D eigenvalue weighted by atomic mass is 9.98. The minimum atomic E-state index is 0.838. The van der Waals surface area contributed by atoms with E-state index in [1.54, 1.807) is 14.2 Å². The van der Waals surface area contributed by atoms with Gasteiger partial charge in [0, 0.05) is 16.9 Å². The third kappa shape index (κ3) is 5.35. The first-order valence-electron chi connectivity index (χ1n) is 12.7. The highest BCUT2D eigenvalue weighted by Crippen LogP contribution is 2.40. The smallest absolute Gasteiger partial charge is 0.119 e. The number of methoxy groups -OCH3 is 2. The average molecular weight is 501 g/mol. The van der Waals surface area contributed by atoms with Gasteiger partial charge in [0.15, 0.2) is 0 Å². The van der Waals surface area contributed by atoms with Crippen molar-refractivity contribution >= 4 is 22.7 Å². The maximum atomic E-state index is 5.43. The van der Waals surface area contributed by atoms with Gasteiger partial charge >= 0.3 is 0 Å². The maximum Gasteiger partial charge on any atom is 0.119 e. The standard InChI is InChI=1S/C34H32N2O2/c1-23-21-28(37-3)17-19-31(23)35-33-12-8-11-30(34(33)36-32-20-18-29(38-4)22-24(32)2)27-15-13-26(14-16-27)25-9-6-5-7-10-25/h5-22,35-36H,1-4H3. The fourth-order valence-electron chi connectivity index (χ4n) is 4.59. The molecule has 0 radical (unpaired) electrons. The largest absolute Gasteiger partial charge is 0.497 e. The first-order chi connectivity index (χ1) is 18.6. The Morgan fingerprint density at radius 1 is 0.474 bits per heavy atom. The van der Waals surface area contributed by atoms with E-state index in [9.17, 15) is 0 Å². The van der Waals surface area contributed by atoms with Crippen molar-refractivity contribution < 1.29 is 9.47 Å². The SMILES string of the molecule is COc1ccc(Nc2cccc(-c3ccc(-c4ccccc4)cc3)c2Nc2ccc(OC)cc2C)c(C)c1. The van der Waals surface area contributed by atoms with Crippen molar-refractivity contribution in [3.05, 3.63) is 120 Å². The van der Waals surface area contributed by atoms with E-state index in [1.165, 1.54) is 11.1 Å². The molecule has 5 aromatic carbocycles. The Morgan fingerprint density at radius 3 is 1.61 bits per heavy atom. The van der Waals surface area contributed by atoms with Crippen LogP contribution in [-0.4, -0.2) is 14.2 Å². The fraction of sp³-hybridized carbons (Fsp3) is 0.118. The summed E-state index contributed by atoms with van der Waals surface area (Å²) in [4.78, 5) is 0. The molecule has 5 rings (SSSR count). The lowest BCUT2D eigenvalue weighted by Crippen LogP contribution is -2.02. The number of ether oxygens (including phenoxy) is 2. The van der Waals surface area contributed by atoms with Gasteiger partial charge in [-0.2, -0.15) is 0 Å². The molecule has 0 unspecified atom stereocenters. The number of nitrogens with one attached hydrogen (secondary N) is 2. The van der Waals surface area contributed by atoms with Gasteiger partial charge in [-0.3, -0.25) is 0 Å². The molecule has 0 heterocycles. The number of benzene rings is 5. The average Bonchev–Trinajstić information content (AvgIpc) is 2.96. The van der Waals surface area contributed by atoms with Crippen LogP contribution >= 0.6 is 0 Å². The van der Waals surface area contributed by atoms with E-state index in [1.807, 2.05) is 30.3 Å². The molecule has 0 saturated carbocycles. The minimum absolute atomic E-state index is 0.838. The van der Waals surface area contributed by atoms with Crippen LogP contribution in [0.15, 0.2) is 109 Å². The number of hydrogen-bond acceptors (Lipinski definition) is 4. The molecule has 4 nitrogen and oxygen atoms in total. The minimum Gasteiger partial charge on any atom is -0.497 e. The van der Waals surface area contributed by atoms with Crippen molar-refractivity contribution in [3.8, 4) is 33.8 Å². The molecule has 0 fully saturated rings. The molecular weight excluding hydrogens is 468 g/mol. The second-order valence-corrected chi connectivity index (χ2v) is 9.28. The van der Waals surface area contributed by atoms with Gasteiger partial charge in [-0.1, -0.05) is 66.7 Å². The number of aryl methyl sites for hydroxylation is 2. The lowest BCUT2D eigenvalue weighted by molar-refractivity contribution is 0.414. The predicted molar refractivity (Wildman–Crippen MR) is 159 cm³/mol. The highest BCUT2D eigenvalue weighted by molar-refractivity contribution is 5.92. The second kappa shape index (κ2) is 11.1. The summed E-state index contributed by atoms with van der Waals surface area (Å²) in [5.74, 6) is 1.68. The summed E-state index contributed by atoms with van der Waals surface area (Å²) in [6.45, 7) is 4.17. The van der Waals surface area contributed by atoms with Crippen molar-refractivity contribution in [2.24, 2.45) is 0 Å². The lowest BCUT2D eigenvalue weighted by Gasteiger charge is -2.21. The molecule has 0 aliphatic carbocycles. The number of anilines is 4. The Labute approximate surface area is 224 Å². The zero-order chi connectivity index (χ0) is 26.5. The summed E-state index contributed by atoms with van der Waals surface area (Å²) < 4.78 is 10.8. The Bertz CT molecular complexity index is 1540. The van der Waals surface area contributed by atoms with Gasteiger partial charge < -0.3 is 20.1 Å². The van der Waals surface area contributed by atoms with Gasteiger partial charge in [-0.05, 0) is 84.1 Å². The van der Waals surface area contributed by atoms with Crippen LogP contribution in [0.4, 0.5) is 22.7 Å². The Hall–Kier alpha value is -4.70. The normalized spacial score (nSPS) is 10.6. The highest BCUT2D eigenvalue weighted by Gasteiger charge is 2.14. The van der Waals surface area contributed by atoms with E-state index < -0.39 is 0 Å². The van der Waals surface area contributed by atoms with Crippen LogP contribution in [0.25, 0.3) is 22.3 Å². The van der Waals surface area contributed by atoms with Gasteiger partial charge in [-0.15, -0.1) is 0 Å². The molecule has 0 atom stereocenters. The van der Waals surface area contributed by atoms with Gasteiger partial charge in [0.25, 0.3) is 0 Å². The van der Waals surface area contributed by atoms with Crippen LogP contribution in [0, 0.1) is 13.8 Å². The number of hydrogen-bond donors (Lipinski definition) is 2. The molecule has 0 saturated heterocycles. The molecule has 0 amide bonds. The van der Waals surface area contributed by atoms with Crippen molar-refractivity contribution in [2.75, 3.05) is 24.9 Å². The summed E-state index contributed by atoms with van der Waals surface area (Å²) in [5, 5.41) is 7.38.